The second-order valence-electron chi connectivity index (χ2n) is 4.64. The van der Waals surface area contributed by atoms with Gasteiger partial charge in [0.2, 0.25) is 5.91 Å². The number of hydrogen-bond acceptors (Lipinski definition) is 2. The molecule has 0 saturated carbocycles. The lowest BCUT2D eigenvalue weighted by Gasteiger charge is -2.25. The van der Waals surface area contributed by atoms with Crippen LogP contribution in [0.4, 0.5) is 0 Å². The standard InChI is InChI=1S/C13H26N2O/c1-6-10-15(12(4)5)13(16)8-7-9-14-11(2)3/h6,11-12,14H,1,7-10H2,2-5H3. The largest absolute Gasteiger partial charge is 0.337 e. The van der Waals surface area contributed by atoms with E-state index in [4.69, 9.17) is 0 Å². The van der Waals surface area contributed by atoms with E-state index in [-0.39, 0.29) is 11.9 Å². The van der Waals surface area contributed by atoms with Crippen molar-refractivity contribution in [3.63, 3.8) is 0 Å². The molecule has 1 amide bonds. The Bertz CT molecular complexity index is 212. The molecule has 0 radical (unpaired) electrons. The number of carbonyl (C=O) groups is 1. The Balaban J connectivity index is 3.87. The van der Waals surface area contributed by atoms with Gasteiger partial charge in [-0.3, -0.25) is 4.79 Å². The zero-order chi connectivity index (χ0) is 12.6. The van der Waals surface area contributed by atoms with Crippen LogP contribution in [-0.4, -0.2) is 36.0 Å². The van der Waals surface area contributed by atoms with Crippen LogP contribution in [0.15, 0.2) is 12.7 Å². The van der Waals surface area contributed by atoms with Crippen LogP contribution in [0, 0.1) is 0 Å². The second-order valence-corrected chi connectivity index (χ2v) is 4.64. The van der Waals surface area contributed by atoms with Crippen LogP contribution in [0.25, 0.3) is 0 Å². The fourth-order valence-corrected chi connectivity index (χ4v) is 1.51. The smallest absolute Gasteiger partial charge is 0.223 e. The summed E-state index contributed by atoms with van der Waals surface area (Å²) in [5.41, 5.74) is 0. The van der Waals surface area contributed by atoms with Crippen molar-refractivity contribution < 1.29 is 4.79 Å². The summed E-state index contributed by atoms with van der Waals surface area (Å²) >= 11 is 0. The van der Waals surface area contributed by atoms with E-state index in [1.165, 1.54) is 0 Å². The van der Waals surface area contributed by atoms with Crippen molar-refractivity contribution >= 4 is 5.91 Å². The Hall–Kier alpha value is -0.830. The van der Waals surface area contributed by atoms with Gasteiger partial charge in [-0.15, -0.1) is 6.58 Å². The van der Waals surface area contributed by atoms with Crippen LogP contribution < -0.4 is 5.32 Å². The van der Waals surface area contributed by atoms with Gasteiger partial charge < -0.3 is 10.2 Å². The maximum atomic E-state index is 11.9. The van der Waals surface area contributed by atoms with E-state index in [0.717, 1.165) is 13.0 Å². The van der Waals surface area contributed by atoms with Crippen molar-refractivity contribution in [1.82, 2.24) is 10.2 Å². The molecule has 3 nitrogen and oxygen atoms in total. The lowest BCUT2D eigenvalue weighted by atomic mass is 10.2. The van der Waals surface area contributed by atoms with E-state index >= 15 is 0 Å². The first-order chi connectivity index (χ1) is 7.49. The third kappa shape index (κ3) is 6.62. The highest BCUT2D eigenvalue weighted by molar-refractivity contribution is 5.76. The van der Waals surface area contributed by atoms with Gasteiger partial charge in [0.05, 0.1) is 0 Å². The highest BCUT2D eigenvalue weighted by atomic mass is 16.2. The number of nitrogens with one attached hydrogen (secondary N) is 1. The van der Waals surface area contributed by atoms with Crippen molar-refractivity contribution in [2.75, 3.05) is 13.1 Å². The Labute approximate surface area is 99.9 Å². The first-order valence-electron chi connectivity index (χ1n) is 6.12. The van der Waals surface area contributed by atoms with E-state index < -0.39 is 0 Å². The minimum atomic E-state index is 0.223. The molecule has 16 heavy (non-hydrogen) atoms. The molecule has 0 fully saturated rings. The van der Waals surface area contributed by atoms with Crippen molar-refractivity contribution in [2.24, 2.45) is 0 Å². The summed E-state index contributed by atoms with van der Waals surface area (Å²) in [6.07, 6.45) is 3.30. The van der Waals surface area contributed by atoms with Crippen LogP contribution in [0.3, 0.4) is 0 Å². The summed E-state index contributed by atoms with van der Waals surface area (Å²) in [6.45, 7) is 13.5. The van der Waals surface area contributed by atoms with Crippen molar-refractivity contribution in [3.05, 3.63) is 12.7 Å². The summed E-state index contributed by atoms with van der Waals surface area (Å²) in [6, 6.07) is 0.744. The monoisotopic (exact) mass is 226 g/mol. The van der Waals surface area contributed by atoms with Crippen LogP contribution in [0.5, 0.6) is 0 Å². The van der Waals surface area contributed by atoms with Gasteiger partial charge in [0, 0.05) is 25.0 Å². The van der Waals surface area contributed by atoms with Gasteiger partial charge in [-0.25, -0.2) is 0 Å². The number of amides is 1. The lowest BCUT2D eigenvalue weighted by molar-refractivity contribution is -0.132. The van der Waals surface area contributed by atoms with Gasteiger partial charge in [0.15, 0.2) is 0 Å². The van der Waals surface area contributed by atoms with Gasteiger partial charge in [-0.05, 0) is 26.8 Å². The van der Waals surface area contributed by atoms with E-state index in [1.807, 2.05) is 18.7 Å². The molecule has 0 aromatic carbocycles. The first kappa shape index (κ1) is 15.2. The molecule has 0 heterocycles. The van der Waals surface area contributed by atoms with Gasteiger partial charge in [-0.1, -0.05) is 19.9 Å². The average Bonchev–Trinajstić information content (AvgIpc) is 2.19. The molecule has 0 aliphatic heterocycles. The molecule has 0 saturated heterocycles. The number of carbonyl (C=O) groups excluding carboxylic acids is 1. The molecule has 0 spiro atoms. The molecule has 94 valence electrons. The lowest BCUT2D eigenvalue weighted by Crippen LogP contribution is -2.37. The maximum Gasteiger partial charge on any atom is 0.223 e. The molecule has 0 rings (SSSR count). The SMILES string of the molecule is C=CCN(C(=O)CCCNC(C)C)C(C)C. The van der Waals surface area contributed by atoms with Crippen LogP contribution in [0.2, 0.25) is 0 Å². The molecule has 0 aromatic heterocycles. The fourth-order valence-electron chi connectivity index (χ4n) is 1.51. The summed E-state index contributed by atoms with van der Waals surface area (Å²) in [5.74, 6) is 0.223. The zero-order valence-electron chi connectivity index (χ0n) is 11.1. The fraction of sp³-hybridized carbons (Fsp3) is 0.769. The summed E-state index contributed by atoms with van der Waals surface area (Å²) in [5, 5.41) is 3.31. The van der Waals surface area contributed by atoms with E-state index in [1.54, 1.807) is 6.08 Å². The molecule has 0 bridgehead atoms. The molecular weight excluding hydrogens is 200 g/mol. The molecular formula is C13H26N2O. The molecule has 1 N–H and O–H groups in total. The average molecular weight is 226 g/mol. The molecule has 0 aliphatic carbocycles. The Kier molecular flexibility index (Phi) is 7.90. The van der Waals surface area contributed by atoms with Crippen molar-refractivity contribution in [3.8, 4) is 0 Å². The number of hydrogen-bond donors (Lipinski definition) is 1. The number of nitrogens with zero attached hydrogens (tertiary/aromatic N) is 1. The quantitative estimate of drug-likeness (QED) is 0.508. The molecule has 0 aromatic rings. The van der Waals surface area contributed by atoms with Gasteiger partial charge in [0.25, 0.3) is 0 Å². The second kappa shape index (κ2) is 8.34. The highest BCUT2D eigenvalue weighted by Crippen LogP contribution is 2.03. The number of rotatable bonds is 8. The van der Waals surface area contributed by atoms with Gasteiger partial charge in [-0.2, -0.15) is 0 Å². The minimum absolute atomic E-state index is 0.223. The van der Waals surface area contributed by atoms with Crippen LogP contribution in [0.1, 0.15) is 40.5 Å². The zero-order valence-corrected chi connectivity index (χ0v) is 11.1. The first-order valence-corrected chi connectivity index (χ1v) is 6.12. The van der Waals surface area contributed by atoms with Gasteiger partial charge >= 0.3 is 0 Å². The Morgan fingerprint density at radius 3 is 2.44 bits per heavy atom. The third-order valence-electron chi connectivity index (χ3n) is 2.39. The van der Waals surface area contributed by atoms with E-state index in [0.29, 0.717) is 19.0 Å². The highest BCUT2D eigenvalue weighted by Gasteiger charge is 2.14. The summed E-state index contributed by atoms with van der Waals surface area (Å²) in [4.78, 5) is 13.7. The Morgan fingerprint density at radius 2 is 2.00 bits per heavy atom. The topological polar surface area (TPSA) is 32.3 Å². The van der Waals surface area contributed by atoms with Crippen molar-refractivity contribution in [1.29, 1.82) is 0 Å². The molecule has 3 heteroatoms. The minimum Gasteiger partial charge on any atom is -0.337 e. The van der Waals surface area contributed by atoms with E-state index in [9.17, 15) is 4.79 Å². The van der Waals surface area contributed by atoms with Crippen LogP contribution >= 0.6 is 0 Å². The summed E-state index contributed by atoms with van der Waals surface area (Å²) in [7, 11) is 0. The predicted octanol–water partition coefficient (Wildman–Crippen LogP) is 2.19. The predicted molar refractivity (Wildman–Crippen MR) is 69.4 cm³/mol. The molecule has 0 atom stereocenters. The van der Waals surface area contributed by atoms with E-state index in [2.05, 4.69) is 25.7 Å². The van der Waals surface area contributed by atoms with Gasteiger partial charge in [0.1, 0.15) is 0 Å². The normalized spacial score (nSPS) is 10.9. The van der Waals surface area contributed by atoms with Crippen molar-refractivity contribution in [2.45, 2.75) is 52.6 Å². The summed E-state index contributed by atoms with van der Waals surface area (Å²) < 4.78 is 0. The Morgan fingerprint density at radius 1 is 1.38 bits per heavy atom. The maximum absolute atomic E-state index is 11.9. The van der Waals surface area contributed by atoms with Crippen LogP contribution in [-0.2, 0) is 4.79 Å². The molecule has 0 unspecified atom stereocenters. The third-order valence-corrected chi connectivity index (χ3v) is 2.39. The molecule has 0 aliphatic rings.